The van der Waals surface area contributed by atoms with Crippen LogP contribution in [0, 0.1) is 5.92 Å². The van der Waals surface area contributed by atoms with Gasteiger partial charge in [0.05, 0.1) is 16.3 Å². The lowest BCUT2D eigenvalue weighted by Crippen LogP contribution is -2.41. The summed E-state index contributed by atoms with van der Waals surface area (Å²) < 4.78 is 65.1. The maximum absolute atomic E-state index is 12.8. The number of piperidine rings is 1. The number of carbonyl (C=O) groups is 1. The van der Waals surface area contributed by atoms with Crippen molar-refractivity contribution in [3.63, 3.8) is 0 Å². The zero-order chi connectivity index (χ0) is 20.5. The Kier molecular flexibility index (Phi) is 6.04. The molecule has 2 heterocycles. The van der Waals surface area contributed by atoms with Crippen molar-refractivity contribution in [1.82, 2.24) is 4.31 Å². The molecule has 0 aliphatic carbocycles. The molecule has 1 fully saturated rings. The second kappa shape index (κ2) is 8.02. The number of hydrogen-bond acceptors (Lipinski definition) is 4. The van der Waals surface area contributed by atoms with Gasteiger partial charge in [-0.3, -0.25) is 4.79 Å². The van der Waals surface area contributed by atoms with Crippen LogP contribution < -0.4 is 5.32 Å². The van der Waals surface area contributed by atoms with Crippen molar-refractivity contribution >= 4 is 44.6 Å². The fraction of sp³-hybridized carbons (Fsp3) is 0.353. The lowest BCUT2D eigenvalue weighted by molar-refractivity contribution is -0.137. The molecule has 1 aliphatic heterocycles. The van der Waals surface area contributed by atoms with Crippen LogP contribution in [0.4, 0.5) is 18.9 Å². The Morgan fingerprint density at radius 2 is 1.89 bits per heavy atom. The van der Waals surface area contributed by atoms with Crippen LogP contribution in [0.2, 0.25) is 5.02 Å². The zero-order valence-corrected chi connectivity index (χ0v) is 16.8. The van der Waals surface area contributed by atoms with E-state index in [1.165, 1.54) is 10.4 Å². The number of sulfonamides is 1. The van der Waals surface area contributed by atoms with Gasteiger partial charge >= 0.3 is 6.18 Å². The molecule has 0 unspecified atom stereocenters. The van der Waals surface area contributed by atoms with E-state index >= 15 is 0 Å². The number of amides is 1. The summed E-state index contributed by atoms with van der Waals surface area (Å²) in [6, 6.07) is 5.88. The Morgan fingerprint density at radius 1 is 1.21 bits per heavy atom. The van der Waals surface area contributed by atoms with Gasteiger partial charge in [-0.05, 0) is 42.5 Å². The highest BCUT2D eigenvalue weighted by Crippen LogP contribution is 2.34. The fourth-order valence-electron chi connectivity index (χ4n) is 2.93. The van der Waals surface area contributed by atoms with Crippen LogP contribution in [0.25, 0.3) is 0 Å². The molecule has 5 nitrogen and oxygen atoms in total. The molecule has 1 aliphatic rings. The monoisotopic (exact) mass is 452 g/mol. The largest absolute Gasteiger partial charge is 0.416 e. The maximum Gasteiger partial charge on any atom is 0.416 e. The molecular formula is C17H16ClF3N2O3S2. The summed E-state index contributed by atoms with van der Waals surface area (Å²) >= 11 is 7.02. The van der Waals surface area contributed by atoms with E-state index in [1.807, 2.05) is 0 Å². The molecule has 1 aromatic heterocycles. The zero-order valence-electron chi connectivity index (χ0n) is 14.4. The van der Waals surface area contributed by atoms with Crippen LogP contribution in [0.15, 0.2) is 39.9 Å². The Labute approximate surface area is 169 Å². The van der Waals surface area contributed by atoms with Gasteiger partial charge in [0.2, 0.25) is 5.91 Å². The van der Waals surface area contributed by atoms with Crippen molar-refractivity contribution < 1.29 is 26.4 Å². The van der Waals surface area contributed by atoms with E-state index in [4.69, 9.17) is 11.6 Å². The number of rotatable bonds is 4. The first-order valence-electron chi connectivity index (χ1n) is 8.30. The Balaban J connectivity index is 1.65. The van der Waals surface area contributed by atoms with Crippen molar-refractivity contribution in [2.45, 2.75) is 23.2 Å². The standard InChI is InChI=1S/C17H16ClF3N2O3S2/c18-13-4-3-12(17(19,20)21)10-14(13)22-16(24)11-5-7-23(8-6-11)28(25,26)15-2-1-9-27-15/h1-4,9-11H,5-8H2,(H,22,24). The third kappa shape index (κ3) is 4.51. The molecule has 1 saturated heterocycles. The van der Waals surface area contributed by atoms with Crippen LogP contribution in [0.3, 0.4) is 0 Å². The molecule has 152 valence electrons. The molecule has 0 radical (unpaired) electrons. The number of thiophene rings is 1. The van der Waals surface area contributed by atoms with E-state index in [0.717, 1.165) is 29.5 Å². The number of benzene rings is 1. The highest BCUT2D eigenvalue weighted by molar-refractivity contribution is 7.91. The summed E-state index contributed by atoms with van der Waals surface area (Å²) in [6.45, 7) is 0.323. The smallest absolute Gasteiger partial charge is 0.325 e. The maximum atomic E-state index is 12.8. The number of halogens is 4. The van der Waals surface area contributed by atoms with E-state index in [-0.39, 0.29) is 40.9 Å². The second-order valence-corrected chi connectivity index (χ2v) is 9.81. The van der Waals surface area contributed by atoms with Gasteiger partial charge in [-0.1, -0.05) is 17.7 Å². The Bertz CT molecular complexity index is 955. The topological polar surface area (TPSA) is 66.5 Å². The number of nitrogens with one attached hydrogen (secondary N) is 1. The minimum absolute atomic E-state index is 0.000871. The third-order valence-electron chi connectivity index (χ3n) is 4.47. The van der Waals surface area contributed by atoms with Crippen molar-refractivity contribution in [3.05, 3.63) is 46.3 Å². The van der Waals surface area contributed by atoms with Gasteiger partial charge in [0.15, 0.2) is 0 Å². The lowest BCUT2D eigenvalue weighted by Gasteiger charge is -2.30. The molecule has 0 atom stereocenters. The third-order valence-corrected chi connectivity index (χ3v) is 8.07. The quantitative estimate of drug-likeness (QED) is 0.744. The molecule has 11 heteroatoms. The molecule has 0 saturated carbocycles. The lowest BCUT2D eigenvalue weighted by atomic mass is 9.97. The van der Waals surface area contributed by atoms with E-state index in [9.17, 15) is 26.4 Å². The molecule has 3 rings (SSSR count). The average Bonchev–Trinajstić information content (AvgIpc) is 3.18. The van der Waals surface area contributed by atoms with Crippen molar-refractivity contribution in [1.29, 1.82) is 0 Å². The average molecular weight is 453 g/mol. The summed E-state index contributed by atoms with van der Waals surface area (Å²) in [5, 5.41) is 4.11. The number of carbonyl (C=O) groups excluding carboxylic acids is 1. The Morgan fingerprint density at radius 3 is 2.46 bits per heavy atom. The summed E-state index contributed by atoms with van der Waals surface area (Å²) in [6.07, 6.45) is -4.01. The van der Waals surface area contributed by atoms with Gasteiger partial charge in [-0.25, -0.2) is 8.42 Å². The summed E-state index contributed by atoms with van der Waals surface area (Å²) in [7, 11) is -3.58. The fourth-order valence-corrected chi connectivity index (χ4v) is 5.71. The van der Waals surface area contributed by atoms with Crippen LogP contribution in [-0.2, 0) is 21.0 Å². The summed E-state index contributed by atoms with van der Waals surface area (Å²) in [5.74, 6) is -0.991. The second-order valence-electron chi connectivity index (χ2n) is 6.29. The van der Waals surface area contributed by atoms with Gasteiger partial charge < -0.3 is 5.32 Å². The van der Waals surface area contributed by atoms with Gasteiger partial charge in [-0.2, -0.15) is 17.5 Å². The summed E-state index contributed by atoms with van der Waals surface area (Å²) in [4.78, 5) is 12.4. The molecule has 1 aromatic carbocycles. The molecular weight excluding hydrogens is 437 g/mol. The van der Waals surface area contributed by atoms with E-state index in [1.54, 1.807) is 11.4 Å². The van der Waals surface area contributed by atoms with E-state index in [0.29, 0.717) is 0 Å². The number of hydrogen-bond donors (Lipinski definition) is 1. The van der Waals surface area contributed by atoms with Crippen LogP contribution in [-0.4, -0.2) is 31.7 Å². The first-order valence-corrected chi connectivity index (χ1v) is 11.0. The highest BCUT2D eigenvalue weighted by Gasteiger charge is 2.34. The highest BCUT2D eigenvalue weighted by atomic mass is 35.5. The van der Waals surface area contributed by atoms with Crippen LogP contribution >= 0.6 is 22.9 Å². The Hall–Kier alpha value is -1.62. The molecule has 1 amide bonds. The predicted molar refractivity (Wildman–Crippen MR) is 101 cm³/mol. The molecule has 28 heavy (non-hydrogen) atoms. The normalized spacial score (nSPS) is 16.9. The minimum atomic E-state index is -4.55. The first-order chi connectivity index (χ1) is 13.1. The summed E-state index contributed by atoms with van der Waals surface area (Å²) in [5.41, 5.74) is -1.03. The van der Waals surface area contributed by atoms with Crippen molar-refractivity contribution in [2.75, 3.05) is 18.4 Å². The van der Waals surface area contributed by atoms with E-state index < -0.39 is 33.6 Å². The van der Waals surface area contributed by atoms with Crippen LogP contribution in [0.5, 0.6) is 0 Å². The van der Waals surface area contributed by atoms with Gasteiger partial charge in [0.25, 0.3) is 10.0 Å². The van der Waals surface area contributed by atoms with Gasteiger partial charge in [0.1, 0.15) is 4.21 Å². The van der Waals surface area contributed by atoms with E-state index in [2.05, 4.69) is 5.32 Å². The minimum Gasteiger partial charge on any atom is -0.325 e. The molecule has 0 spiro atoms. The number of anilines is 1. The van der Waals surface area contributed by atoms with Gasteiger partial charge in [0, 0.05) is 19.0 Å². The van der Waals surface area contributed by atoms with Crippen molar-refractivity contribution in [2.24, 2.45) is 5.92 Å². The van der Waals surface area contributed by atoms with Gasteiger partial charge in [-0.15, -0.1) is 11.3 Å². The molecule has 1 N–H and O–H groups in total. The van der Waals surface area contributed by atoms with Crippen LogP contribution in [0.1, 0.15) is 18.4 Å². The molecule has 0 bridgehead atoms. The number of alkyl halides is 3. The SMILES string of the molecule is O=C(Nc1cc(C(F)(F)F)ccc1Cl)C1CCN(S(=O)(=O)c2cccs2)CC1. The van der Waals surface area contributed by atoms with Crippen molar-refractivity contribution in [3.8, 4) is 0 Å². The molecule has 2 aromatic rings. The predicted octanol–water partition coefficient (Wildman–Crippen LogP) is 4.46. The first kappa shape index (κ1) is 21.1. The number of nitrogens with zero attached hydrogens (tertiary/aromatic N) is 1.